The van der Waals surface area contributed by atoms with E-state index in [0.717, 1.165) is 23.7 Å². The van der Waals surface area contributed by atoms with Gasteiger partial charge in [0.15, 0.2) is 0 Å². The van der Waals surface area contributed by atoms with Crippen LogP contribution in [0.2, 0.25) is 5.02 Å². The van der Waals surface area contributed by atoms with Gasteiger partial charge in [-0.3, -0.25) is 0 Å². The topological polar surface area (TPSA) is 23.8 Å². The third-order valence-electron chi connectivity index (χ3n) is 1.79. The molecule has 0 radical (unpaired) electrons. The van der Waals surface area contributed by atoms with E-state index in [1.54, 1.807) is 6.07 Å². The molecule has 0 aliphatic heterocycles. The molecule has 0 saturated carbocycles. The number of aryl methyl sites for hydroxylation is 1. The van der Waals surface area contributed by atoms with Gasteiger partial charge in [-0.05, 0) is 24.5 Å². The lowest BCUT2D eigenvalue weighted by Gasteiger charge is -2.03. The SMILES string of the molecule is N#Cc1c(Cl)cccc1CCCBr. The van der Waals surface area contributed by atoms with Gasteiger partial charge in [0.25, 0.3) is 0 Å². The summed E-state index contributed by atoms with van der Waals surface area (Å²) in [5, 5.41) is 10.4. The normalized spacial score (nSPS) is 9.62. The fraction of sp³-hybridized carbons (Fsp3) is 0.300. The van der Waals surface area contributed by atoms with Crippen molar-refractivity contribution >= 4 is 27.5 Å². The van der Waals surface area contributed by atoms with E-state index in [4.69, 9.17) is 16.9 Å². The van der Waals surface area contributed by atoms with Crippen LogP contribution in [0.3, 0.4) is 0 Å². The number of benzene rings is 1. The molecule has 0 spiro atoms. The van der Waals surface area contributed by atoms with Crippen molar-refractivity contribution in [2.24, 2.45) is 0 Å². The molecule has 1 nitrogen and oxygen atoms in total. The maximum Gasteiger partial charge on any atom is 0.101 e. The molecule has 0 bridgehead atoms. The first-order valence-electron chi connectivity index (χ1n) is 4.03. The zero-order valence-electron chi connectivity index (χ0n) is 7.06. The van der Waals surface area contributed by atoms with Crippen LogP contribution in [0, 0.1) is 11.3 Å². The third kappa shape index (κ3) is 2.72. The second kappa shape index (κ2) is 5.26. The van der Waals surface area contributed by atoms with Gasteiger partial charge in [-0.1, -0.05) is 39.7 Å². The largest absolute Gasteiger partial charge is 0.192 e. The van der Waals surface area contributed by atoms with E-state index in [1.807, 2.05) is 12.1 Å². The Kier molecular flexibility index (Phi) is 4.27. The number of nitriles is 1. The summed E-state index contributed by atoms with van der Waals surface area (Å²) in [6, 6.07) is 7.71. The van der Waals surface area contributed by atoms with Crippen molar-refractivity contribution in [2.45, 2.75) is 12.8 Å². The second-order valence-electron chi connectivity index (χ2n) is 2.68. The molecule has 0 amide bonds. The minimum atomic E-state index is 0.551. The molecule has 0 aliphatic rings. The first kappa shape index (κ1) is 10.6. The zero-order chi connectivity index (χ0) is 9.68. The molecule has 0 N–H and O–H groups in total. The number of alkyl halides is 1. The molecule has 3 heteroatoms. The monoisotopic (exact) mass is 257 g/mol. The molecule has 1 aromatic rings. The van der Waals surface area contributed by atoms with Gasteiger partial charge in [0, 0.05) is 5.33 Å². The Hall–Kier alpha value is -0.520. The maximum absolute atomic E-state index is 8.85. The highest BCUT2D eigenvalue weighted by Gasteiger charge is 2.04. The molecule has 0 aromatic heterocycles. The molecule has 0 saturated heterocycles. The van der Waals surface area contributed by atoms with Crippen molar-refractivity contribution in [3.8, 4) is 6.07 Å². The van der Waals surface area contributed by atoms with Crippen molar-refractivity contribution in [3.05, 3.63) is 34.3 Å². The predicted molar refractivity (Wildman–Crippen MR) is 58.3 cm³/mol. The van der Waals surface area contributed by atoms with Crippen molar-refractivity contribution in [1.82, 2.24) is 0 Å². The third-order valence-corrected chi connectivity index (χ3v) is 2.67. The van der Waals surface area contributed by atoms with Gasteiger partial charge in [-0.2, -0.15) is 5.26 Å². The number of rotatable bonds is 3. The predicted octanol–water partition coefficient (Wildman–Crippen LogP) is 3.54. The lowest BCUT2D eigenvalue weighted by atomic mass is 10.0. The average molecular weight is 259 g/mol. The van der Waals surface area contributed by atoms with Crippen LogP contribution in [0.1, 0.15) is 17.5 Å². The summed E-state index contributed by atoms with van der Waals surface area (Å²) < 4.78 is 0. The molecule has 13 heavy (non-hydrogen) atoms. The van der Waals surface area contributed by atoms with Crippen LogP contribution >= 0.6 is 27.5 Å². The summed E-state index contributed by atoms with van der Waals surface area (Å²) in [5.74, 6) is 0. The van der Waals surface area contributed by atoms with E-state index >= 15 is 0 Å². The van der Waals surface area contributed by atoms with Crippen molar-refractivity contribution in [3.63, 3.8) is 0 Å². The zero-order valence-corrected chi connectivity index (χ0v) is 9.40. The van der Waals surface area contributed by atoms with Crippen LogP contribution in [0.25, 0.3) is 0 Å². The summed E-state index contributed by atoms with van der Waals surface area (Å²) >= 11 is 9.23. The molecule has 0 unspecified atom stereocenters. The van der Waals surface area contributed by atoms with E-state index in [1.165, 1.54) is 0 Å². The number of hydrogen-bond acceptors (Lipinski definition) is 1. The van der Waals surface area contributed by atoms with Gasteiger partial charge in [0.2, 0.25) is 0 Å². The Labute approximate surface area is 91.5 Å². The van der Waals surface area contributed by atoms with E-state index in [-0.39, 0.29) is 0 Å². The summed E-state index contributed by atoms with van der Waals surface area (Å²) in [7, 11) is 0. The molecule has 1 aromatic carbocycles. The van der Waals surface area contributed by atoms with Crippen LogP contribution in [-0.4, -0.2) is 5.33 Å². The fourth-order valence-electron chi connectivity index (χ4n) is 1.16. The highest BCUT2D eigenvalue weighted by molar-refractivity contribution is 9.09. The van der Waals surface area contributed by atoms with Crippen molar-refractivity contribution < 1.29 is 0 Å². The molecule has 0 heterocycles. The molecule has 0 fully saturated rings. The molecule has 0 atom stereocenters. The molecule has 0 aliphatic carbocycles. The van der Waals surface area contributed by atoms with Crippen LogP contribution in [0.15, 0.2) is 18.2 Å². The Morgan fingerprint density at radius 3 is 2.85 bits per heavy atom. The van der Waals surface area contributed by atoms with E-state index in [2.05, 4.69) is 22.0 Å². The number of nitrogens with zero attached hydrogens (tertiary/aromatic N) is 1. The van der Waals surface area contributed by atoms with Crippen molar-refractivity contribution in [1.29, 1.82) is 5.26 Å². The van der Waals surface area contributed by atoms with Gasteiger partial charge in [0.1, 0.15) is 6.07 Å². The minimum absolute atomic E-state index is 0.551. The summed E-state index contributed by atoms with van der Waals surface area (Å²) in [5.41, 5.74) is 1.65. The van der Waals surface area contributed by atoms with Crippen LogP contribution in [0.4, 0.5) is 0 Å². The molecule has 1 rings (SSSR count). The Bertz CT molecular complexity index is 330. The lowest BCUT2D eigenvalue weighted by Crippen LogP contribution is -1.91. The number of halogens is 2. The van der Waals surface area contributed by atoms with Gasteiger partial charge < -0.3 is 0 Å². The minimum Gasteiger partial charge on any atom is -0.192 e. The highest BCUT2D eigenvalue weighted by atomic mass is 79.9. The Morgan fingerprint density at radius 1 is 1.46 bits per heavy atom. The van der Waals surface area contributed by atoms with Crippen molar-refractivity contribution in [2.75, 3.05) is 5.33 Å². The van der Waals surface area contributed by atoms with Gasteiger partial charge in [0.05, 0.1) is 10.6 Å². The van der Waals surface area contributed by atoms with Crippen LogP contribution in [-0.2, 0) is 6.42 Å². The van der Waals surface area contributed by atoms with Crippen LogP contribution in [0.5, 0.6) is 0 Å². The average Bonchev–Trinajstić information content (AvgIpc) is 2.15. The Balaban J connectivity index is 2.93. The van der Waals surface area contributed by atoms with E-state index < -0.39 is 0 Å². The smallest absolute Gasteiger partial charge is 0.101 e. The summed E-state index contributed by atoms with van der Waals surface area (Å²) in [6.07, 6.45) is 1.92. The molecular weight excluding hydrogens is 249 g/mol. The van der Waals surface area contributed by atoms with E-state index in [0.29, 0.717) is 10.6 Å². The highest BCUT2D eigenvalue weighted by Crippen LogP contribution is 2.20. The summed E-state index contributed by atoms with van der Waals surface area (Å²) in [4.78, 5) is 0. The van der Waals surface area contributed by atoms with Gasteiger partial charge >= 0.3 is 0 Å². The molecular formula is C10H9BrClN. The van der Waals surface area contributed by atoms with Gasteiger partial charge in [-0.15, -0.1) is 0 Å². The Morgan fingerprint density at radius 2 is 2.23 bits per heavy atom. The quantitative estimate of drug-likeness (QED) is 0.761. The maximum atomic E-state index is 8.85. The number of hydrogen-bond donors (Lipinski definition) is 0. The first-order chi connectivity index (χ1) is 6.29. The summed E-state index contributed by atoms with van der Waals surface area (Å²) in [6.45, 7) is 0. The first-order valence-corrected chi connectivity index (χ1v) is 5.53. The van der Waals surface area contributed by atoms with E-state index in [9.17, 15) is 0 Å². The van der Waals surface area contributed by atoms with Crippen LogP contribution < -0.4 is 0 Å². The lowest BCUT2D eigenvalue weighted by molar-refractivity contribution is 0.935. The van der Waals surface area contributed by atoms with Gasteiger partial charge in [-0.25, -0.2) is 0 Å². The second-order valence-corrected chi connectivity index (χ2v) is 3.88. The molecule has 68 valence electrons. The fourth-order valence-corrected chi connectivity index (χ4v) is 1.68. The standard InChI is InChI=1S/C10H9BrClN/c11-6-2-4-8-3-1-5-10(12)9(8)7-13/h1,3,5H,2,4,6H2.